The lowest BCUT2D eigenvalue weighted by Gasteiger charge is -2.30. The van der Waals surface area contributed by atoms with Gasteiger partial charge in [-0.25, -0.2) is 4.98 Å². The third-order valence-corrected chi connectivity index (χ3v) is 5.58. The van der Waals surface area contributed by atoms with E-state index in [1.54, 1.807) is 11.3 Å². The van der Waals surface area contributed by atoms with Gasteiger partial charge >= 0.3 is 0 Å². The smallest absolute Gasteiger partial charge is 0.265 e. The van der Waals surface area contributed by atoms with Crippen molar-refractivity contribution in [2.45, 2.75) is 33.2 Å². The minimum absolute atomic E-state index is 0.0230. The van der Waals surface area contributed by atoms with Crippen LogP contribution in [-0.2, 0) is 17.8 Å². The molecule has 0 saturated heterocycles. The minimum Gasteiger partial charge on any atom is -0.482 e. The molecule has 1 aliphatic rings. The fourth-order valence-corrected chi connectivity index (χ4v) is 4.09. The number of thiazole rings is 1. The summed E-state index contributed by atoms with van der Waals surface area (Å²) in [5.74, 6) is 0.722. The summed E-state index contributed by atoms with van der Waals surface area (Å²) in [5.41, 5.74) is 5.10. The highest BCUT2D eigenvalue weighted by molar-refractivity contribution is 7.09. The van der Waals surface area contributed by atoms with Crippen LogP contribution in [-0.4, -0.2) is 17.5 Å². The average molecular weight is 378 g/mol. The first-order chi connectivity index (χ1) is 13.1. The Hall–Kier alpha value is -2.66. The Morgan fingerprint density at radius 3 is 2.78 bits per heavy atom. The van der Waals surface area contributed by atoms with E-state index in [-0.39, 0.29) is 12.5 Å². The highest BCUT2D eigenvalue weighted by Crippen LogP contribution is 2.37. The van der Waals surface area contributed by atoms with Gasteiger partial charge in [-0.1, -0.05) is 36.8 Å². The average Bonchev–Trinajstić information content (AvgIpc) is 3.14. The van der Waals surface area contributed by atoms with Crippen molar-refractivity contribution < 1.29 is 9.53 Å². The summed E-state index contributed by atoms with van der Waals surface area (Å²) in [7, 11) is 0. The van der Waals surface area contributed by atoms with E-state index in [4.69, 9.17) is 9.72 Å². The van der Waals surface area contributed by atoms with Crippen molar-refractivity contribution in [2.75, 3.05) is 11.5 Å². The molecule has 0 radical (unpaired) electrons. The lowest BCUT2D eigenvalue weighted by molar-refractivity contribution is -0.121. The van der Waals surface area contributed by atoms with Gasteiger partial charge < -0.3 is 9.64 Å². The Morgan fingerprint density at radius 1 is 1.19 bits per heavy atom. The summed E-state index contributed by atoms with van der Waals surface area (Å²) in [4.78, 5) is 19.1. The molecule has 138 valence electrons. The molecular formula is C22H22N2O2S. The maximum atomic E-state index is 12.6. The molecule has 0 fully saturated rings. The minimum atomic E-state index is -0.0230. The molecule has 3 aromatic rings. The zero-order valence-electron chi connectivity index (χ0n) is 15.6. The molecule has 1 aromatic heterocycles. The SMILES string of the molecule is CCCc1nc(-c2ccc3c(c2)N(Cc2ccc(C)cc2)C(=O)CO3)cs1. The summed E-state index contributed by atoms with van der Waals surface area (Å²) in [6.07, 6.45) is 2.08. The highest BCUT2D eigenvalue weighted by Gasteiger charge is 2.26. The topological polar surface area (TPSA) is 42.4 Å². The number of ether oxygens (including phenoxy) is 1. The molecule has 0 aliphatic carbocycles. The number of rotatable bonds is 5. The zero-order valence-corrected chi connectivity index (χ0v) is 16.4. The van der Waals surface area contributed by atoms with Crippen LogP contribution in [0.4, 0.5) is 5.69 Å². The molecule has 2 heterocycles. The van der Waals surface area contributed by atoms with Crippen LogP contribution in [0, 0.1) is 6.92 Å². The molecule has 4 nitrogen and oxygen atoms in total. The lowest BCUT2D eigenvalue weighted by Crippen LogP contribution is -2.38. The number of fused-ring (bicyclic) bond motifs is 1. The Balaban J connectivity index is 1.67. The molecule has 0 N–H and O–H groups in total. The molecule has 1 aliphatic heterocycles. The fraction of sp³-hybridized carbons (Fsp3) is 0.273. The maximum absolute atomic E-state index is 12.6. The van der Waals surface area contributed by atoms with Gasteiger partial charge in [0.2, 0.25) is 0 Å². The maximum Gasteiger partial charge on any atom is 0.265 e. The second kappa shape index (κ2) is 7.53. The van der Waals surface area contributed by atoms with Crippen LogP contribution in [0.1, 0.15) is 29.5 Å². The van der Waals surface area contributed by atoms with Crippen molar-refractivity contribution >= 4 is 22.9 Å². The first-order valence-electron chi connectivity index (χ1n) is 9.21. The molecule has 0 unspecified atom stereocenters. The van der Waals surface area contributed by atoms with E-state index >= 15 is 0 Å². The van der Waals surface area contributed by atoms with Gasteiger partial charge in [-0.3, -0.25) is 4.79 Å². The number of aromatic nitrogens is 1. The van der Waals surface area contributed by atoms with Crippen LogP contribution in [0.15, 0.2) is 47.8 Å². The summed E-state index contributed by atoms with van der Waals surface area (Å²) >= 11 is 1.69. The van der Waals surface area contributed by atoms with Crippen LogP contribution in [0.25, 0.3) is 11.3 Å². The van der Waals surface area contributed by atoms with Crippen molar-refractivity contribution in [3.05, 3.63) is 64.0 Å². The number of amides is 1. The monoisotopic (exact) mass is 378 g/mol. The van der Waals surface area contributed by atoms with Crippen LogP contribution >= 0.6 is 11.3 Å². The van der Waals surface area contributed by atoms with E-state index in [2.05, 4.69) is 43.5 Å². The molecule has 4 rings (SSSR count). The summed E-state index contributed by atoms with van der Waals surface area (Å²) in [6, 6.07) is 14.3. The molecule has 0 spiro atoms. The van der Waals surface area contributed by atoms with Gasteiger partial charge in [-0.15, -0.1) is 11.3 Å². The van der Waals surface area contributed by atoms with Gasteiger partial charge in [0.15, 0.2) is 6.61 Å². The van der Waals surface area contributed by atoms with Crippen LogP contribution in [0.2, 0.25) is 0 Å². The fourth-order valence-electron chi connectivity index (χ4n) is 3.18. The summed E-state index contributed by atoms with van der Waals surface area (Å²) in [6.45, 7) is 4.84. The number of anilines is 1. The standard InChI is InChI=1S/C22H22N2O2S/c1-3-4-21-23-18(14-27-21)17-9-10-20-19(11-17)24(22(25)13-26-20)12-16-7-5-15(2)6-8-16/h5-11,14H,3-4,12-13H2,1-2H3. The van der Waals surface area contributed by atoms with Crippen LogP contribution in [0.3, 0.4) is 0 Å². The first-order valence-corrected chi connectivity index (χ1v) is 10.1. The molecular weight excluding hydrogens is 356 g/mol. The van der Waals surface area contributed by atoms with Crippen molar-refractivity contribution in [3.63, 3.8) is 0 Å². The summed E-state index contributed by atoms with van der Waals surface area (Å²) in [5, 5.41) is 3.23. The van der Waals surface area contributed by atoms with E-state index < -0.39 is 0 Å². The van der Waals surface area contributed by atoms with Gasteiger partial charge in [0.1, 0.15) is 5.75 Å². The van der Waals surface area contributed by atoms with E-state index in [9.17, 15) is 4.79 Å². The third kappa shape index (κ3) is 3.74. The quantitative estimate of drug-likeness (QED) is 0.628. The number of nitrogens with zero attached hydrogens (tertiary/aromatic N) is 2. The Bertz CT molecular complexity index is 963. The first kappa shape index (κ1) is 17.7. The largest absolute Gasteiger partial charge is 0.482 e. The number of hydrogen-bond donors (Lipinski definition) is 0. The number of hydrogen-bond acceptors (Lipinski definition) is 4. The van der Waals surface area contributed by atoms with Gasteiger partial charge in [0.25, 0.3) is 5.91 Å². The molecule has 2 aromatic carbocycles. The van der Waals surface area contributed by atoms with Gasteiger partial charge in [-0.05, 0) is 43.5 Å². The van der Waals surface area contributed by atoms with Crippen molar-refractivity contribution in [3.8, 4) is 17.0 Å². The molecule has 0 atom stereocenters. The van der Waals surface area contributed by atoms with E-state index in [1.807, 2.05) is 23.1 Å². The number of carbonyl (C=O) groups excluding carboxylic acids is 1. The number of benzene rings is 2. The van der Waals surface area contributed by atoms with Gasteiger partial charge in [0.05, 0.1) is 22.9 Å². The Morgan fingerprint density at radius 2 is 2.00 bits per heavy atom. The predicted molar refractivity (Wildman–Crippen MR) is 109 cm³/mol. The van der Waals surface area contributed by atoms with E-state index in [1.165, 1.54) is 5.56 Å². The van der Waals surface area contributed by atoms with Gasteiger partial charge in [0, 0.05) is 10.9 Å². The molecule has 0 bridgehead atoms. The number of aryl methyl sites for hydroxylation is 2. The Kier molecular flexibility index (Phi) is 4.94. The molecule has 0 saturated carbocycles. The van der Waals surface area contributed by atoms with Crippen molar-refractivity contribution in [2.24, 2.45) is 0 Å². The van der Waals surface area contributed by atoms with Crippen molar-refractivity contribution in [1.82, 2.24) is 4.98 Å². The number of carbonyl (C=O) groups is 1. The second-order valence-corrected chi connectivity index (χ2v) is 7.76. The van der Waals surface area contributed by atoms with Crippen LogP contribution in [0.5, 0.6) is 5.75 Å². The lowest BCUT2D eigenvalue weighted by atomic mass is 10.1. The van der Waals surface area contributed by atoms with Gasteiger partial charge in [-0.2, -0.15) is 0 Å². The predicted octanol–water partition coefficient (Wildman–Crippen LogP) is 5.00. The van der Waals surface area contributed by atoms with Crippen LogP contribution < -0.4 is 9.64 Å². The molecule has 27 heavy (non-hydrogen) atoms. The normalized spacial score (nSPS) is 13.4. The van der Waals surface area contributed by atoms with Crippen molar-refractivity contribution in [1.29, 1.82) is 0 Å². The third-order valence-electron chi connectivity index (χ3n) is 4.67. The van der Waals surface area contributed by atoms with E-state index in [0.717, 1.165) is 46.1 Å². The molecule has 5 heteroatoms. The summed E-state index contributed by atoms with van der Waals surface area (Å²) < 4.78 is 5.65. The second-order valence-electron chi connectivity index (χ2n) is 6.81. The highest BCUT2D eigenvalue weighted by atomic mass is 32.1. The Labute approximate surface area is 163 Å². The molecule has 1 amide bonds. The zero-order chi connectivity index (χ0) is 18.8. The van der Waals surface area contributed by atoms with E-state index in [0.29, 0.717) is 6.54 Å².